The summed E-state index contributed by atoms with van der Waals surface area (Å²) in [5.74, 6) is 3.23. The minimum Gasteiger partial charge on any atom is -0.395 e. The van der Waals surface area contributed by atoms with Crippen molar-refractivity contribution in [1.82, 2.24) is 25.0 Å². The number of carbonyl (C=O) groups is 1. The number of nitrogens with one attached hydrogen (secondary N) is 3. The molecule has 0 bridgehead atoms. The monoisotopic (exact) mass is 535 g/mol. The van der Waals surface area contributed by atoms with Gasteiger partial charge in [-0.05, 0) is 31.5 Å². The highest BCUT2D eigenvalue weighted by atomic mass is 32.1. The number of thiazole rings is 1. The fourth-order valence-electron chi connectivity index (χ4n) is 4.12. The molecule has 38 heavy (non-hydrogen) atoms. The van der Waals surface area contributed by atoms with Crippen LogP contribution in [0.25, 0.3) is 10.4 Å². The van der Waals surface area contributed by atoms with Gasteiger partial charge in [-0.25, -0.2) is 19.7 Å². The maximum atomic E-state index is 12.2. The van der Waals surface area contributed by atoms with E-state index in [-0.39, 0.29) is 6.61 Å². The maximum absolute atomic E-state index is 12.2. The van der Waals surface area contributed by atoms with Crippen LogP contribution in [0.15, 0.2) is 47.1 Å². The third kappa shape index (κ3) is 6.43. The molecule has 2 amide bonds. The van der Waals surface area contributed by atoms with Crippen LogP contribution in [0, 0.1) is 13.8 Å². The molecule has 1 aliphatic heterocycles. The third-order valence-electron chi connectivity index (χ3n) is 5.97. The van der Waals surface area contributed by atoms with Gasteiger partial charge in [0.1, 0.15) is 23.2 Å². The molecule has 5 rings (SSSR count). The SMILES string of the molecule is Cc1nc(Nc2ncc(-c3ccc(NC(=O)Nc4cc(C)on4)cc3)s2)cc(N2CCN(CCO)CC2)n1. The summed E-state index contributed by atoms with van der Waals surface area (Å²) in [5.41, 5.74) is 1.63. The predicted molar refractivity (Wildman–Crippen MR) is 147 cm³/mol. The topological polar surface area (TPSA) is 145 Å². The van der Waals surface area contributed by atoms with Crippen molar-refractivity contribution in [2.45, 2.75) is 13.8 Å². The number of aryl methyl sites for hydroxylation is 2. The van der Waals surface area contributed by atoms with Gasteiger partial charge in [0.25, 0.3) is 0 Å². The molecule has 0 radical (unpaired) electrons. The van der Waals surface area contributed by atoms with Crippen molar-refractivity contribution in [2.75, 3.05) is 60.2 Å². The van der Waals surface area contributed by atoms with E-state index in [1.54, 1.807) is 13.0 Å². The van der Waals surface area contributed by atoms with Gasteiger partial charge in [0.2, 0.25) is 0 Å². The average molecular weight is 536 g/mol. The lowest BCUT2D eigenvalue weighted by molar-refractivity contribution is 0.188. The summed E-state index contributed by atoms with van der Waals surface area (Å²) in [4.78, 5) is 31.3. The van der Waals surface area contributed by atoms with Crippen LogP contribution < -0.4 is 20.9 Å². The first-order valence-corrected chi connectivity index (χ1v) is 13.1. The Bertz CT molecular complexity index is 1380. The molecule has 12 nitrogen and oxygen atoms in total. The Balaban J connectivity index is 1.20. The number of anilines is 5. The van der Waals surface area contributed by atoms with Crippen molar-refractivity contribution >= 4 is 45.6 Å². The minimum atomic E-state index is -0.401. The van der Waals surface area contributed by atoms with Crippen molar-refractivity contribution in [3.8, 4) is 10.4 Å². The Morgan fingerprint density at radius 1 is 1.05 bits per heavy atom. The number of nitrogens with zero attached hydrogens (tertiary/aromatic N) is 6. The van der Waals surface area contributed by atoms with Crippen LogP contribution in [-0.4, -0.2) is 75.5 Å². The molecule has 0 saturated carbocycles. The van der Waals surface area contributed by atoms with Crippen molar-refractivity contribution < 1.29 is 14.4 Å². The molecule has 4 aromatic rings. The van der Waals surface area contributed by atoms with Crippen LogP contribution in [0.5, 0.6) is 0 Å². The first-order valence-electron chi connectivity index (χ1n) is 12.2. The molecule has 0 aliphatic carbocycles. The number of benzene rings is 1. The Morgan fingerprint density at radius 2 is 1.84 bits per heavy atom. The summed E-state index contributed by atoms with van der Waals surface area (Å²) in [6, 6.07) is 10.7. The van der Waals surface area contributed by atoms with Gasteiger partial charge < -0.3 is 25.2 Å². The van der Waals surface area contributed by atoms with Crippen molar-refractivity contribution in [2.24, 2.45) is 0 Å². The zero-order valence-corrected chi connectivity index (χ0v) is 22.0. The number of urea groups is 1. The first kappa shape index (κ1) is 25.6. The zero-order chi connectivity index (χ0) is 26.5. The lowest BCUT2D eigenvalue weighted by Gasteiger charge is -2.35. The lowest BCUT2D eigenvalue weighted by Crippen LogP contribution is -2.47. The summed E-state index contributed by atoms with van der Waals surface area (Å²) in [7, 11) is 0. The second kappa shape index (κ2) is 11.5. The molecule has 3 aromatic heterocycles. The lowest BCUT2D eigenvalue weighted by atomic mass is 10.2. The van der Waals surface area contributed by atoms with E-state index in [1.165, 1.54) is 11.3 Å². The Morgan fingerprint density at radius 3 is 2.55 bits per heavy atom. The molecule has 1 fully saturated rings. The van der Waals surface area contributed by atoms with E-state index < -0.39 is 6.03 Å². The molecule has 4 N–H and O–H groups in total. The largest absolute Gasteiger partial charge is 0.395 e. The quantitative estimate of drug-likeness (QED) is 0.263. The highest BCUT2D eigenvalue weighted by Gasteiger charge is 2.19. The normalized spacial score (nSPS) is 13.9. The number of aliphatic hydroxyl groups is 1. The van der Waals surface area contributed by atoms with Gasteiger partial charge in [0.05, 0.1) is 11.5 Å². The molecule has 0 unspecified atom stereocenters. The molecular formula is C25H29N9O3S. The number of hydrogen-bond donors (Lipinski definition) is 4. The second-order valence-electron chi connectivity index (χ2n) is 8.84. The molecule has 1 aromatic carbocycles. The van der Waals surface area contributed by atoms with Crippen LogP contribution in [0.1, 0.15) is 11.6 Å². The van der Waals surface area contributed by atoms with Crippen molar-refractivity contribution in [3.63, 3.8) is 0 Å². The van der Waals surface area contributed by atoms with Gasteiger partial charge in [-0.1, -0.05) is 28.6 Å². The fourth-order valence-corrected chi connectivity index (χ4v) is 4.95. The van der Waals surface area contributed by atoms with Gasteiger partial charge in [0.15, 0.2) is 10.9 Å². The van der Waals surface area contributed by atoms with Gasteiger partial charge in [-0.2, -0.15) is 0 Å². The summed E-state index contributed by atoms with van der Waals surface area (Å²) >= 11 is 1.51. The Labute approximate surface area is 223 Å². The smallest absolute Gasteiger partial charge is 0.324 e. The molecule has 198 valence electrons. The van der Waals surface area contributed by atoms with E-state index >= 15 is 0 Å². The van der Waals surface area contributed by atoms with E-state index in [4.69, 9.17) is 9.63 Å². The Hall–Kier alpha value is -4.07. The van der Waals surface area contributed by atoms with E-state index in [1.807, 2.05) is 43.5 Å². The number of aromatic nitrogens is 4. The van der Waals surface area contributed by atoms with Gasteiger partial charge in [0, 0.05) is 56.7 Å². The number of piperazine rings is 1. The van der Waals surface area contributed by atoms with E-state index in [9.17, 15) is 4.79 Å². The maximum Gasteiger partial charge on any atom is 0.324 e. The number of amides is 2. The van der Waals surface area contributed by atoms with E-state index in [0.717, 1.165) is 47.6 Å². The summed E-state index contributed by atoms with van der Waals surface area (Å²) in [6.45, 7) is 8.00. The average Bonchev–Trinajstić information content (AvgIpc) is 3.53. The fraction of sp³-hybridized carbons (Fsp3) is 0.320. The zero-order valence-electron chi connectivity index (χ0n) is 21.1. The molecule has 1 saturated heterocycles. The summed E-state index contributed by atoms with van der Waals surface area (Å²) < 4.78 is 4.95. The number of hydrogen-bond acceptors (Lipinski definition) is 11. The highest BCUT2D eigenvalue weighted by Crippen LogP contribution is 2.31. The molecule has 0 spiro atoms. The second-order valence-corrected chi connectivity index (χ2v) is 9.88. The van der Waals surface area contributed by atoms with Crippen LogP contribution in [0.2, 0.25) is 0 Å². The third-order valence-corrected chi connectivity index (χ3v) is 6.94. The molecular weight excluding hydrogens is 506 g/mol. The highest BCUT2D eigenvalue weighted by molar-refractivity contribution is 7.18. The summed E-state index contributed by atoms with van der Waals surface area (Å²) in [5, 5.41) is 22.3. The van der Waals surface area contributed by atoms with Crippen molar-refractivity contribution in [3.05, 3.63) is 54.2 Å². The molecule has 1 aliphatic rings. The number of carbonyl (C=O) groups excluding carboxylic acids is 1. The molecule has 13 heteroatoms. The van der Waals surface area contributed by atoms with Gasteiger partial charge >= 0.3 is 6.03 Å². The molecule has 4 heterocycles. The van der Waals surface area contributed by atoms with Gasteiger partial charge in [-0.15, -0.1) is 0 Å². The minimum absolute atomic E-state index is 0.180. The molecule has 0 atom stereocenters. The Kier molecular flexibility index (Phi) is 7.77. The van der Waals surface area contributed by atoms with Crippen LogP contribution in [0.4, 0.5) is 33.1 Å². The van der Waals surface area contributed by atoms with Gasteiger partial charge in [-0.3, -0.25) is 10.2 Å². The summed E-state index contributed by atoms with van der Waals surface area (Å²) in [6.07, 6.45) is 1.81. The van der Waals surface area contributed by atoms with Crippen LogP contribution in [-0.2, 0) is 0 Å². The number of aliphatic hydroxyl groups excluding tert-OH is 1. The number of rotatable bonds is 8. The van der Waals surface area contributed by atoms with Crippen molar-refractivity contribution in [1.29, 1.82) is 0 Å². The predicted octanol–water partition coefficient (Wildman–Crippen LogP) is 3.71. The van der Waals surface area contributed by atoms with Crippen LogP contribution in [0.3, 0.4) is 0 Å². The first-order chi connectivity index (χ1) is 18.4. The van der Waals surface area contributed by atoms with Crippen LogP contribution >= 0.6 is 11.3 Å². The standard InChI is InChI=1S/C25H29N9O3S/c1-16-13-22(32-37-16)30-24(36)29-19-5-3-18(4-6-19)20-15-26-25(38-20)31-21-14-23(28-17(2)27-21)34-9-7-33(8-10-34)11-12-35/h3-6,13-15,35H,7-12H2,1-2H3,(H,26,27,28,31)(H2,29,30,32,36). The number of β-amino-alcohol motifs (C(OH)–C–C–N with tert-alkyl or cyclic N) is 1. The van der Waals surface area contributed by atoms with E-state index in [2.05, 4.69) is 45.9 Å². The van der Waals surface area contributed by atoms with E-state index in [0.29, 0.717) is 35.5 Å².